The van der Waals surface area contributed by atoms with Gasteiger partial charge in [-0.15, -0.1) is 0 Å². The minimum absolute atomic E-state index is 0.0685. The zero-order valence-corrected chi connectivity index (χ0v) is 47.2. The topological polar surface area (TPSA) is 175 Å². The Morgan fingerprint density at radius 1 is 0.438 bits per heavy atom. The molecule has 0 bridgehead atoms. The van der Waals surface area contributed by atoms with Crippen LogP contribution in [0.1, 0.15) is 303 Å². The maximum atomic E-state index is 13.1. The van der Waals surface area contributed by atoms with Crippen molar-refractivity contribution in [2.75, 3.05) is 13.2 Å². The van der Waals surface area contributed by atoms with Crippen LogP contribution >= 0.6 is 0 Å². The number of aliphatic hydroxyl groups excluding tert-OH is 2. The van der Waals surface area contributed by atoms with Crippen LogP contribution in [-0.2, 0) is 42.9 Å². The smallest absolute Gasteiger partial charge is 0.335 e. The summed E-state index contributed by atoms with van der Waals surface area (Å²) < 4.78 is 28.4. The van der Waals surface area contributed by atoms with Crippen molar-refractivity contribution in [1.82, 2.24) is 0 Å². The molecule has 0 aromatic carbocycles. The molecule has 428 valence electrons. The number of carbonyl (C=O) groups excluding carboxylic acids is 3. The van der Waals surface area contributed by atoms with E-state index in [-0.39, 0.29) is 25.9 Å². The van der Waals surface area contributed by atoms with Gasteiger partial charge in [-0.05, 0) is 44.9 Å². The molecule has 1 heterocycles. The lowest BCUT2D eigenvalue weighted by atomic mass is 9.98. The van der Waals surface area contributed by atoms with Gasteiger partial charge in [0.2, 0.25) is 0 Å². The van der Waals surface area contributed by atoms with E-state index < -0.39 is 67.3 Å². The number of unbranched alkanes of at least 4 members (excludes halogenated alkanes) is 37. The molecule has 1 aliphatic rings. The Kier molecular flexibility index (Phi) is 47.2. The number of hydrogen-bond acceptors (Lipinski definition) is 11. The van der Waals surface area contributed by atoms with Crippen LogP contribution < -0.4 is 0 Å². The van der Waals surface area contributed by atoms with E-state index in [0.717, 1.165) is 77.0 Å². The SMILES string of the molecule is CCCCCC/C=C\CCCCCCCC(=O)OCC(COC1OC(C(=O)O)C(O)C(O)C1OC(=O)CCCCCCCCCCCCCCCCCCCCC)OC(=O)CCCCCCCCCCCCC. The van der Waals surface area contributed by atoms with Gasteiger partial charge in [-0.25, -0.2) is 4.79 Å². The van der Waals surface area contributed by atoms with Crippen molar-refractivity contribution in [3.8, 4) is 0 Å². The Morgan fingerprint density at radius 2 is 0.781 bits per heavy atom. The lowest BCUT2D eigenvalue weighted by Gasteiger charge is -2.40. The second-order valence-electron chi connectivity index (χ2n) is 21.4. The highest BCUT2D eigenvalue weighted by atomic mass is 16.7. The number of allylic oxidation sites excluding steroid dienone is 2. The molecule has 1 saturated heterocycles. The van der Waals surface area contributed by atoms with Gasteiger partial charge < -0.3 is 39.0 Å². The van der Waals surface area contributed by atoms with Crippen LogP contribution in [0.25, 0.3) is 0 Å². The summed E-state index contributed by atoms with van der Waals surface area (Å²) in [7, 11) is 0. The van der Waals surface area contributed by atoms with E-state index in [0.29, 0.717) is 19.3 Å². The minimum Gasteiger partial charge on any atom is -0.479 e. The number of hydrogen-bond donors (Lipinski definition) is 3. The normalized spacial score (nSPS) is 18.3. The van der Waals surface area contributed by atoms with Gasteiger partial charge in [-0.2, -0.15) is 0 Å². The molecule has 0 amide bonds. The van der Waals surface area contributed by atoms with E-state index in [4.69, 9.17) is 23.7 Å². The zero-order valence-electron chi connectivity index (χ0n) is 47.2. The highest BCUT2D eigenvalue weighted by Crippen LogP contribution is 2.27. The molecular weight excluding hydrogens is 925 g/mol. The van der Waals surface area contributed by atoms with Crippen LogP contribution in [0.15, 0.2) is 12.2 Å². The van der Waals surface area contributed by atoms with E-state index in [2.05, 4.69) is 32.9 Å². The summed E-state index contributed by atoms with van der Waals surface area (Å²) in [5.41, 5.74) is 0. The van der Waals surface area contributed by atoms with Crippen molar-refractivity contribution in [2.24, 2.45) is 0 Å². The van der Waals surface area contributed by atoms with Gasteiger partial charge in [0.15, 0.2) is 24.6 Å². The quantitative estimate of drug-likeness (QED) is 0.0228. The van der Waals surface area contributed by atoms with E-state index >= 15 is 0 Å². The summed E-state index contributed by atoms with van der Waals surface area (Å²) in [4.78, 5) is 51.1. The van der Waals surface area contributed by atoms with Crippen LogP contribution in [-0.4, -0.2) is 89.2 Å². The lowest BCUT2D eigenvalue weighted by molar-refractivity contribution is -0.301. The molecule has 73 heavy (non-hydrogen) atoms. The number of carboxylic acid groups (broad SMARTS) is 1. The second-order valence-corrected chi connectivity index (χ2v) is 21.4. The largest absolute Gasteiger partial charge is 0.479 e. The van der Waals surface area contributed by atoms with Crippen molar-refractivity contribution in [1.29, 1.82) is 0 Å². The second kappa shape index (κ2) is 50.3. The molecule has 0 aromatic rings. The molecular formula is C61H112O12. The third-order valence-electron chi connectivity index (χ3n) is 14.3. The third-order valence-corrected chi connectivity index (χ3v) is 14.3. The van der Waals surface area contributed by atoms with Crippen molar-refractivity contribution in [3.63, 3.8) is 0 Å². The van der Waals surface area contributed by atoms with Gasteiger partial charge in [-0.3, -0.25) is 14.4 Å². The van der Waals surface area contributed by atoms with Crippen molar-refractivity contribution in [2.45, 2.75) is 340 Å². The maximum Gasteiger partial charge on any atom is 0.335 e. The van der Waals surface area contributed by atoms with Gasteiger partial charge in [-0.1, -0.05) is 251 Å². The fourth-order valence-electron chi connectivity index (χ4n) is 9.60. The van der Waals surface area contributed by atoms with Crippen molar-refractivity contribution in [3.05, 3.63) is 12.2 Å². The first kappa shape index (κ1) is 68.5. The maximum absolute atomic E-state index is 13.1. The molecule has 1 aliphatic heterocycles. The van der Waals surface area contributed by atoms with Crippen LogP contribution in [0.2, 0.25) is 0 Å². The molecule has 1 rings (SSSR count). The van der Waals surface area contributed by atoms with Gasteiger partial charge in [0.1, 0.15) is 18.8 Å². The number of ether oxygens (including phenoxy) is 5. The van der Waals surface area contributed by atoms with Gasteiger partial charge in [0.05, 0.1) is 6.61 Å². The van der Waals surface area contributed by atoms with E-state index in [1.807, 2.05) is 0 Å². The summed E-state index contributed by atoms with van der Waals surface area (Å²) in [5.74, 6) is -3.09. The monoisotopic (exact) mass is 1040 g/mol. The molecule has 6 unspecified atom stereocenters. The van der Waals surface area contributed by atoms with Gasteiger partial charge in [0.25, 0.3) is 0 Å². The predicted molar refractivity (Wildman–Crippen MR) is 294 cm³/mol. The van der Waals surface area contributed by atoms with E-state index in [1.54, 1.807) is 0 Å². The fraction of sp³-hybridized carbons (Fsp3) is 0.902. The molecule has 0 spiro atoms. The van der Waals surface area contributed by atoms with E-state index in [1.165, 1.54) is 167 Å². The highest BCUT2D eigenvalue weighted by molar-refractivity contribution is 5.74. The average Bonchev–Trinajstić information content (AvgIpc) is 3.37. The Labute approximate surface area is 446 Å². The Bertz CT molecular complexity index is 1320. The molecule has 0 radical (unpaired) electrons. The number of rotatable bonds is 53. The third kappa shape index (κ3) is 40.4. The number of esters is 3. The first-order chi connectivity index (χ1) is 35.6. The summed E-state index contributed by atoms with van der Waals surface area (Å²) >= 11 is 0. The van der Waals surface area contributed by atoms with Gasteiger partial charge >= 0.3 is 23.9 Å². The number of carboxylic acids is 1. The van der Waals surface area contributed by atoms with Crippen molar-refractivity contribution >= 4 is 23.9 Å². The predicted octanol–water partition coefficient (Wildman–Crippen LogP) is 15.7. The summed E-state index contributed by atoms with van der Waals surface area (Å²) in [5, 5.41) is 31.5. The summed E-state index contributed by atoms with van der Waals surface area (Å²) in [6.07, 6.45) is 43.3. The zero-order chi connectivity index (χ0) is 53.3. The molecule has 1 fully saturated rings. The first-order valence-electron chi connectivity index (χ1n) is 30.7. The molecule has 12 heteroatoms. The fourth-order valence-corrected chi connectivity index (χ4v) is 9.60. The molecule has 0 aliphatic carbocycles. The average molecular weight is 1040 g/mol. The molecule has 3 N–H and O–H groups in total. The highest BCUT2D eigenvalue weighted by Gasteiger charge is 2.50. The van der Waals surface area contributed by atoms with Gasteiger partial charge in [0, 0.05) is 19.3 Å². The van der Waals surface area contributed by atoms with Crippen LogP contribution in [0.3, 0.4) is 0 Å². The van der Waals surface area contributed by atoms with Crippen LogP contribution in [0, 0.1) is 0 Å². The van der Waals surface area contributed by atoms with E-state index in [9.17, 15) is 34.5 Å². The Morgan fingerprint density at radius 3 is 1.18 bits per heavy atom. The molecule has 12 nitrogen and oxygen atoms in total. The minimum atomic E-state index is -1.90. The Hall–Kier alpha value is -2.54. The first-order valence-corrected chi connectivity index (χ1v) is 30.7. The summed E-state index contributed by atoms with van der Waals surface area (Å²) in [6.45, 7) is 6.00. The standard InChI is InChI=1S/C61H112O12/c1-4-7-10-13-16-19-22-24-25-26-27-28-29-31-34-37-40-43-46-49-55(64)72-59-57(66)56(65)58(60(67)68)73-61(59)70-51-52(71-54(63)48-45-42-39-36-32-21-18-15-12-9-6-3)50-69-53(62)47-44-41-38-35-33-30-23-20-17-14-11-8-5-2/h20,23,52,56-59,61,65-66H,4-19,21-22,24-51H2,1-3H3,(H,67,68)/b23-20-. The van der Waals surface area contributed by atoms with Crippen LogP contribution in [0.5, 0.6) is 0 Å². The Balaban J connectivity index is 2.62. The number of carbonyl (C=O) groups is 4. The lowest BCUT2D eigenvalue weighted by Crippen LogP contribution is -2.61. The van der Waals surface area contributed by atoms with Crippen molar-refractivity contribution < 1.29 is 58.2 Å². The number of aliphatic hydroxyl groups is 2. The molecule has 0 aromatic heterocycles. The summed E-state index contributed by atoms with van der Waals surface area (Å²) in [6, 6.07) is 0. The molecule has 6 atom stereocenters. The molecule has 0 saturated carbocycles. The van der Waals surface area contributed by atoms with Crippen LogP contribution in [0.4, 0.5) is 0 Å². The number of aliphatic carboxylic acids is 1.